The summed E-state index contributed by atoms with van der Waals surface area (Å²) in [6, 6.07) is 18.0. The lowest BCUT2D eigenvalue weighted by molar-refractivity contribution is 0.415. The number of hydrogen-bond donors (Lipinski definition) is 2. The molecular weight excluding hydrogens is 344 g/mol. The van der Waals surface area contributed by atoms with Crippen LogP contribution >= 0.6 is 0 Å². The largest absolute Gasteiger partial charge is 0.497 e. The average Bonchev–Trinajstić information content (AvgIpc) is 2.69. The van der Waals surface area contributed by atoms with Gasteiger partial charge in [-0.2, -0.15) is 20.0 Å². The van der Waals surface area contributed by atoms with Crippen molar-refractivity contribution >= 4 is 23.7 Å². The summed E-state index contributed by atoms with van der Waals surface area (Å²) < 4.78 is 5.98. The van der Waals surface area contributed by atoms with E-state index in [2.05, 4.69) is 15.4 Å². The lowest BCUT2D eigenvalue weighted by atomic mass is 10.2. The molecule has 0 atom stereocenters. The van der Waals surface area contributed by atoms with Gasteiger partial charge in [-0.3, -0.25) is 4.79 Å². The number of aromatic nitrogens is 2. The molecule has 0 spiro atoms. The molecule has 0 bridgehead atoms. The van der Waals surface area contributed by atoms with Crippen LogP contribution in [-0.4, -0.2) is 23.0 Å². The Balaban J connectivity index is 1.96. The van der Waals surface area contributed by atoms with Gasteiger partial charge in [0.25, 0.3) is 5.56 Å². The highest BCUT2D eigenvalue weighted by molar-refractivity contribution is 5.79. The molecule has 0 saturated carbocycles. The summed E-state index contributed by atoms with van der Waals surface area (Å²) in [5.74, 6) is 0.651. The highest BCUT2D eigenvalue weighted by Gasteiger charge is 2.15. The standard InChI is InChI=1S/C19H16N6O2/c1-27-15-9-7-13(8-10-15)12-22-25-18(26)16(11-20)17(24-19(25)21)23-14-5-3-2-4-6-14/h2-10,12,23H,1H3,(H2,21,24)/b22-12+. The van der Waals surface area contributed by atoms with Gasteiger partial charge in [-0.25, -0.2) is 0 Å². The molecule has 0 amide bonds. The number of nitrogens with two attached hydrogens (primary N) is 1. The van der Waals surface area contributed by atoms with E-state index in [-0.39, 0.29) is 17.3 Å². The van der Waals surface area contributed by atoms with Crippen LogP contribution in [-0.2, 0) is 0 Å². The highest BCUT2D eigenvalue weighted by atomic mass is 16.5. The van der Waals surface area contributed by atoms with Gasteiger partial charge in [0.1, 0.15) is 11.8 Å². The van der Waals surface area contributed by atoms with Crippen LogP contribution in [0.15, 0.2) is 64.5 Å². The van der Waals surface area contributed by atoms with Crippen molar-refractivity contribution in [2.75, 3.05) is 18.2 Å². The van der Waals surface area contributed by atoms with Crippen molar-refractivity contribution in [1.29, 1.82) is 5.26 Å². The Bertz CT molecular complexity index is 1070. The van der Waals surface area contributed by atoms with Crippen LogP contribution in [0, 0.1) is 11.3 Å². The molecular formula is C19H16N6O2. The van der Waals surface area contributed by atoms with Gasteiger partial charge in [0.2, 0.25) is 5.95 Å². The fourth-order valence-electron chi connectivity index (χ4n) is 2.30. The molecule has 0 fully saturated rings. The van der Waals surface area contributed by atoms with Crippen molar-refractivity contribution in [3.63, 3.8) is 0 Å². The third kappa shape index (κ3) is 3.93. The molecule has 0 unspecified atom stereocenters. The van der Waals surface area contributed by atoms with Crippen molar-refractivity contribution in [3.8, 4) is 11.8 Å². The fraction of sp³-hybridized carbons (Fsp3) is 0.0526. The summed E-state index contributed by atoms with van der Waals surface area (Å²) in [7, 11) is 1.57. The monoisotopic (exact) mass is 360 g/mol. The van der Waals surface area contributed by atoms with Crippen LogP contribution < -0.4 is 21.3 Å². The first-order valence-electron chi connectivity index (χ1n) is 7.95. The number of benzene rings is 2. The third-order valence-electron chi connectivity index (χ3n) is 3.67. The third-order valence-corrected chi connectivity index (χ3v) is 3.67. The number of nitrogens with one attached hydrogen (secondary N) is 1. The first-order chi connectivity index (χ1) is 13.1. The number of anilines is 3. The summed E-state index contributed by atoms with van der Waals surface area (Å²) in [6.07, 6.45) is 1.45. The molecule has 3 rings (SSSR count). The van der Waals surface area contributed by atoms with Gasteiger partial charge in [0.05, 0.1) is 13.3 Å². The summed E-state index contributed by atoms with van der Waals surface area (Å²) in [4.78, 5) is 16.7. The van der Waals surface area contributed by atoms with Gasteiger partial charge >= 0.3 is 0 Å². The molecule has 2 aromatic carbocycles. The van der Waals surface area contributed by atoms with Crippen LogP contribution in [0.4, 0.5) is 17.5 Å². The van der Waals surface area contributed by atoms with Crippen LogP contribution in [0.5, 0.6) is 5.75 Å². The SMILES string of the molecule is COc1ccc(/C=N/n2c(N)nc(Nc3ccccc3)c(C#N)c2=O)cc1. The van der Waals surface area contributed by atoms with Crippen molar-refractivity contribution in [2.45, 2.75) is 0 Å². The maximum absolute atomic E-state index is 12.6. The Morgan fingerprint density at radius 3 is 2.56 bits per heavy atom. The van der Waals surface area contributed by atoms with E-state index in [0.29, 0.717) is 11.4 Å². The van der Waals surface area contributed by atoms with Gasteiger partial charge in [-0.1, -0.05) is 18.2 Å². The number of ether oxygens (including phenoxy) is 1. The molecule has 8 heteroatoms. The zero-order valence-corrected chi connectivity index (χ0v) is 14.5. The van der Waals surface area contributed by atoms with Crippen LogP contribution in [0.3, 0.4) is 0 Å². The molecule has 1 heterocycles. The molecule has 0 aliphatic carbocycles. The second-order valence-electron chi connectivity index (χ2n) is 5.43. The number of nitriles is 1. The van der Waals surface area contributed by atoms with E-state index in [1.54, 1.807) is 43.5 Å². The van der Waals surface area contributed by atoms with E-state index in [1.165, 1.54) is 6.21 Å². The van der Waals surface area contributed by atoms with Gasteiger partial charge in [-0.15, -0.1) is 0 Å². The summed E-state index contributed by atoms with van der Waals surface area (Å²) in [6.45, 7) is 0. The van der Waals surface area contributed by atoms with Crippen LogP contribution in [0.1, 0.15) is 11.1 Å². The van der Waals surface area contributed by atoms with Crippen LogP contribution in [0.25, 0.3) is 0 Å². The quantitative estimate of drug-likeness (QED) is 0.674. The lowest BCUT2D eigenvalue weighted by Gasteiger charge is -2.10. The predicted octanol–water partition coefficient (Wildman–Crippen LogP) is 2.33. The molecule has 0 aliphatic rings. The number of nitrogen functional groups attached to an aromatic ring is 1. The Morgan fingerprint density at radius 1 is 1.22 bits per heavy atom. The van der Waals surface area contributed by atoms with Gasteiger partial charge in [-0.05, 0) is 42.0 Å². The zero-order chi connectivity index (χ0) is 19.2. The molecule has 3 aromatic rings. The van der Waals surface area contributed by atoms with E-state index >= 15 is 0 Å². The topological polar surface area (TPSA) is 118 Å². The lowest BCUT2D eigenvalue weighted by Crippen LogP contribution is -2.25. The maximum atomic E-state index is 12.6. The van der Waals surface area contributed by atoms with E-state index in [0.717, 1.165) is 10.2 Å². The van der Waals surface area contributed by atoms with E-state index in [1.807, 2.05) is 24.3 Å². The van der Waals surface area contributed by atoms with Crippen LogP contribution in [0.2, 0.25) is 0 Å². The Morgan fingerprint density at radius 2 is 1.93 bits per heavy atom. The number of rotatable bonds is 5. The molecule has 27 heavy (non-hydrogen) atoms. The number of hydrogen-bond acceptors (Lipinski definition) is 7. The first kappa shape index (κ1) is 17.7. The van der Waals surface area contributed by atoms with E-state index in [9.17, 15) is 10.1 Å². The van der Waals surface area contributed by atoms with Crippen molar-refractivity contribution in [1.82, 2.24) is 9.66 Å². The zero-order valence-electron chi connectivity index (χ0n) is 14.5. The number of para-hydroxylation sites is 1. The second-order valence-corrected chi connectivity index (χ2v) is 5.43. The molecule has 8 nitrogen and oxygen atoms in total. The van der Waals surface area contributed by atoms with Gasteiger partial charge < -0.3 is 15.8 Å². The molecule has 0 saturated heterocycles. The maximum Gasteiger partial charge on any atom is 0.295 e. The fourth-order valence-corrected chi connectivity index (χ4v) is 2.30. The minimum absolute atomic E-state index is 0.0853. The van der Waals surface area contributed by atoms with E-state index in [4.69, 9.17) is 10.5 Å². The minimum atomic E-state index is -0.659. The number of methoxy groups -OCH3 is 1. The molecule has 1 aromatic heterocycles. The van der Waals surface area contributed by atoms with Crippen molar-refractivity contribution in [3.05, 3.63) is 76.1 Å². The Labute approximate surface area is 155 Å². The van der Waals surface area contributed by atoms with Gasteiger partial charge in [0.15, 0.2) is 11.4 Å². The first-order valence-corrected chi connectivity index (χ1v) is 7.95. The van der Waals surface area contributed by atoms with Gasteiger partial charge in [0, 0.05) is 5.69 Å². The number of nitrogens with zero attached hydrogens (tertiary/aromatic N) is 4. The Kier molecular flexibility index (Phi) is 5.14. The van der Waals surface area contributed by atoms with Crippen molar-refractivity contribution < 1.29 is 4.74 Å². The highest BCUT2D eigenvalue weighted by Crippen LogP contribution is 2.17. The summed E-state index contributed by atoms with van der Waals surface area (Å²) in [5, 5.41) is 16.4. The second kappa shape index (κ2) is 7.84. The smallest absolute Gasteiger partial charge is 0.295 e. The minimum Gasteiger partial charge on any atom is -0.497 e. The summed E-state index contributed by atoms with van der Waals surface area (Å²) in [5.41, 5.74) is 6.45. The Hall–Kier alpha value is -4.12. The predicted molar refractivity (Wildman–Crippen MR) is 103 cm³/mol. The molecule has 134 valence electrons. The average molecular weight is 360 g/mol. The van der Waals surface area contributed by atoms with Crippen molar-refractivity contribution in [2.24, 2.45) is 5.10 Å². The van der Waals surface area contributed by atoms with E-state index < -0.39 is 5.56 Å². The molecule has 0 radical (unpaired) electrons. The normalized spacial score (nSPS) is 10.5. The molecule has 0 aliphatic heterocycles. The summed E-state index contributed by atoms with van der Waals surface area (Å²) >= 11 is 0. The molecule has 3 N–H and O–H groups in total.